The van der Waals surface area contributed by atoms with E-state index < -0.39 is 15.6 Å². The van der Waals surface area contributed by atoms with E-state index in [1.807, 2.05) is 33.8 Å². The van der Waals surface area contributed by atoms with Gasteiger partial charge in [0.25, 0.3) is 5.95 Å². The minimum atomic E-state index is -3.73. The first-order valence-electron chi connectivity index (χ1n) is 11.0. The van der Waals surface area contributed by atoms with Crippen LogP contribution in [0.4, 0.5) is 0 Å². The summed E-state index contributed by atoms with van der Waals surface area (Å²) in [6.45, 7) is 12.9. The van der Waals surface area contributed by atoms with Crippen LogP contribution < -0.4 is 10.0 Å². The molecule has 0 spiro atoms. The predicted octanol–water partition coefficient (Wildman–Crippen LogP) is 2.83. The van der Waals surface area contributed by atoms with Crippen molar-refractivity contribution in [3.05, 3.63) is 64.2 Å². The van der Waals surface area contributed by atoms with Gasteiger partial charge < -0.3 is 5.32 Å². The van der Waals surface area contributed by atoms with Gasteiger partial charge in [0, 0.05) is 34.7 Å². The molecule has 2 heterocycles. The van der Waals surface area contributed by atoms with Crippen LogP contribution >= 0.6 is 0 Å². The first kappa shape index (κ1) is 25.5. The Morgan fingerprint density at radius 3 is 2.26 bits per heavy atom. The van der Waals surface area contributed by atoms with Gasteiger partial charge in [0.15, 0.2) is 0 Å². The topological polar surface area (TPSA) is 119 Å². The average molecular weight is 485 g/mol. The minimum absolute atomic E-state index is 0.0898. The average Bonchev–Trinajstić information content (AvgIpc) is 2.98. The molecular weight excluding hydrogens is 452 g/mol. The highest BCUT2D eigenvalue weighted by Crippen LogP contribution is 2.19. The molecule has 2 aromatic heterocycles. The maximum atomic E-state index is 12.8. The van der Waals surface area contributed by atoms with Crippen molar-refractivity contribution < 1.29 is 13.2 Å². The molecule has 1 amide bonds. The zero-order valence-corrected chi connectivity index (χ0v) is 21.5. The van der Waals surface area contributed by atoms with E-state index in [2.05, 4.69) is 25.1 Å². The summed E-state index contributed by atoms with van der Waals surface area (Å²) in [5, 5.41) is 7.38. The van der Waals surface area contributed by atoms with Crippen molar-refractivity contribution in [2.24, 2.45) is 0 Å². The summed E-state index contributed by atoms with van der Waals surface area (Å²) in [7, 11) is -3.73. The number of sulfonamides is 1. The third-order valence-corrected chi connectivity index (χ3v) is 6.98. The normalized spacial score (nSPS) is 12.1. The molecule has 0 bridgehead atoms. The summed E-state index contributed by atoms with van der Waals surface area (Å²) in [6, 6.07) is 8.54. The van der Waals surface area contributed by atoms with Crippen LogP contribution in [-0.2, 0) is 27.8 Å². The molecule has 0 saturated carbocycles. The molecule has 0 unspecified atom stereocenters. The number of carbonyl (C=O) groups is 1. The number of aromatic nitrogens is 4. The Morgan fingerprint density at radius 1 is 1.03 bits per heavy atom. The molecule has 3 rings (SSSR count). The summed E-state index contributed by atoms with van der Waals surface area (Å²) in [5.74, 6) is 0.235. The molecule has 182 valence electrons. The number of nitrogens with zero attached hydrogens (tertiary/aromatic N) is 4. The quantitative estimate of drug-likeness (QED) is 0.532. The summed E-state index contributed by atoms with van der Waals surface area (Å²) in [4.78, 5) is 21.9. The molecule has 10 heteroatoms. The van der Waals surface area contributed by atoms with Gasteiger partial charge in [-0.25, -0.2) is 27.8 Å². The van der Waals surface area contributed by atoms with Crippen molar-refractivity contribution in [1.29, 1.82) is 0 Å². The first-order valence-corrected chi connectivity index (χ1v) is 12.5. The van der Waals surface area contributed by atoms with E-state index >= 15 is 0 Å². The number of aryl methyl sites for hydroxylation is 3. The predicted molar refractivity (Wildman–Crippen MR) is 130 cm³/mol. The van der Waals surface area contributed by atoms with Crippen molar-refractivity contribution in [1.82, 2.24) is 29.8 Å². The zero-order valence-electron chi connectivity index (χ0n) is 20.7. The first-order chi connectivity index (χ1) is 15.8. The van der Waals surface area contributed by atoms with Crippen LogP contribution in [0.3, 0.4) is 0 Å². The molecule has 9 nitrogen and oxygen atoms in total. The minimum Gasteiger partial charge on any atom is -0.352 e. The van der Waals surface area contributed by atoms with Crippen molar-refractivity contribution in [3.63, 3.8) is 0 Å². The Labute approximate surface area is 201 Å². The lowest BCUT2D eigenvalue weighted by molar-refractivity contribution is -0.120. The lowest BCUT2D eigenvalue weighted by atomic mass is 10.1. The maximum Gasteiger partial charge on any atom is 0.251 e. The molecule has 0 atom stereocenters. The second-order valence-electron chi connectivity index (χ2n) is 9.43. The van der Waals surface area contributed by atoms with Crippen LogP contribution in [0.1, 0.15) is 54.7 Å². The number of carbonyl (C=O) groups excluding carboxylic acids is 1. The Balaban J connectivity index is 1.77. The van der Waals surface area contributed by atoms with Gasteiger partial charge in [-0.05, 0) is 66.2 Å². The fourth-order valence-electron chi connectivity index (χ4n) is 3.71. The van der Waals surface area contributed by atoms with E-state index in [0.717, 1.165) is 22.6 Å². The van der Waals surface area contributed by atoms with Crippen LogP contribution in [-0.4, -0.2) is 39.6 Å². The van der Waals surface area contributed by atoms with Gasteiger partial charge in [-0.2, -0.15) is 5.10 Å². The van der Waals surface area contributed by atoms with E-state index in [4.69, 9.17) is 0 Å². The van der Waals surface area contributed by atoms with Crippen molar-refractivity contribution in [2.75, 3.05) is 0 Å². The number of benzene rings is 1. The van der Waals surface area contributed by atoms with Crippen molar-refractivity contribution in [2.45, 2.75) is 71.9 Å². The second kappa shape index (κ2) is 9.63. The molecular formula is C24H32N6O3S. The maximum absolute atomic E-state index is 12.8. The van der Waals surface area contributed by atoms with E-state index in [-0.39, 0.29) is 23.8 Å². The molecule has 1 aromatic carbocycles. The Morgan fingerprint density at radius 2 is 1.65 bits per heavy atom. The standard InChI is InChI=1S/C24H32N6O3S/c1-15-12-16(2)27-23(26-15)30-18(4)20(17(3)28-30)13-22(31)25-14-19-10-8-9-11-21(19)34(32,33)29-24(5,6)7/h8-12,29H,13-14H2,1-7H3,(H,25,31). The number of amides is 1. The van der Waals surface area contributed by atoms with E-state index in [9.17, 15) is 13.2 Å². The molecule has 0 radical (unpaired) electrons. The summed E-state index contributed by atoms with van der Waals surface area (Å²) in [6.07, 6.45) is 0.109. The fourth-order valence-corrected chi connectivity index (χ4v) is 5.37. The fraction of sp³-hybridized carbons (Fsp3) is 0.417. The largest absolute Gasteiger partial charge is 0.352 e. The highest BCUT2D eigenvalue weighted by atomic mass is 32.2. The summed E-state index contributed by atoms with van der Waals surface area (Å²) < 4.78 is 30.0. The van der Waals surface area contributed by atoms with E-state index in [1.54, 1.807) is 43.7 Å². The number of rotatable bonds is 7. The third-order valence-electron chi connectivity index (χ3n) is 5.12. The third kappa shape index (κ3) is 6.06. The molecule has 0 aliphatic heterocycles. The molecule has 34 heavy (non-hydrogen) atoms. The van der Waals surface area contributed by atoms with Gasteiger partial charge in [0.1, 0.15) is 0 Å². The zero-order chi connectivity index (χ0) is 25.3. The molecule has 0 fully saturated rings. The molecule has 0 saturated heterocycles. The summed E-state index contributed by atoms with van der Waals surface area (Å²) in [5.41, 5.74) is 3.86. The number of nitrogens with one attached hydrogen (secondary N) is 2. The van der Waals surface area contributed by atoms with Gasteiger partial charge in [-0.15, -0.1) is 0 Å². The smallest absolute Gasteiger partial charge is 0.251 e. The van der Waals surface area contributed by atoms with E-state index in [1.165, 1.54) is 6.07 Å². The Kier molecular flexibility index (Phi) is 7.23. The lowest BCUT2D eigenvalue weighted by Gasteiger charge is -2.21. The monoisotopic (exact) mass is 484 g/mol. The highest BCUT2D eigenvalue weighted by molar-refractivity contribution is 7.89. The van der Waals surface area contributed by atoms with E-state index in [0.29, 0.717) is 17.2 Å². The molecule has 3 aromatic rings. The van der Waals surface area contributed by atoms with Gasteiger partial charge >= 0.3 is 0 Å². The molecule has 0 aliphatic carbocycles. The van der Waals surface area contributed by atoms with Crippen LogP contribution in [0.25, 0.3) is 5.95 Å². The number of hydrogen-bond acceptors (Lipinski definition) is 6. The van der Waals surface area contributed by atoms with Gasteiger partial charge in [0.2, 0.25) is 15.9 Å². The summed E-state index contributed by atoms with van der Waals surface area (Å²) >= 11 is 0. The van der Waals surface area contributed by atoms with Crippen LogP contribution in [0, 0.1) is 27.7 Å². The highest BCUT2D eigenvalue weighted by Gasteiger charge is 2.24. The van der Waals surface area contributed by atoms with Crippen LogP contribution in [0.15, 0.2) is 35.2 Å². The van der Waals surface area contributed by atoms with Gasteiger partial charge in [-0.3, -0.25) is 4.79 Å². The van der Waals surface area contributed by atoms with Crippen molar-refractivity contribution in [3.8, 4) is 5.95 Å². The second-order valence-corrected chi connectivity index (χ2v) is 11.1. The Bertz CT molecular complexity index is 1300. The van der Waals surface area contributed by atoms with Crippen molar-refractivity contribution >= 4 is 15.9 Å². The molecule has 2 N–H and O–H groups in total. The Hall–Kier alpha value is -3.11. The van der Waals surface area contributed by atoms with Gasteiger partial charge in [-0.1, -0.05) is 18.2 Å². The van der Waals surface area contributed by atoms with Crippen LogP contribution in [0.5, 0.6) is 0 Å². The SMILES string of the molecule is Cc1cc(C)nc(-n2nc(C)c(CC(=O)NCc3ccccc3S(=O)(=O)NC(C)(C)C)c2C)n1. The number of hydrogen-bond donors (Lipinski definition) is 2. The molecule has 0 aliphatic rings. The lowest BCUT2D eigenvalue weighted by Crippen LogP contribution is -2.41. The van der Waals surface area contributed by atoms with Crippen LogP contribution in [0.2, 0.25) is 0 Å². The van der Waals surface area contributed by atoms with Gasteiger partial charge in [0.05, 0.1) is 17.0 Å².